The molecule has 0 aromatic heterocycles. The van der Waals surface area contributed by atoms with Crippen LogP contribution in [0.2, 0.25) is 0 Å². The Labute approximate surface area is 105 Å². The summed E-state index contributed by atoms with van der Waals surface area (Å²) in [5, 5.41) is 6.93. The monoisotopic (exact) mass is 244 g/mol. The smallest absolute Gasteiger partial charge is 0.0740 e. The molecule has 1 fully saturated rings. The van der Waals surface area contributed by atoms with Crippen LogP contribution in [0.25, 0.3) is 0 Å². The van der Waals surface area contributed by atoms with Crippen molar-refractivity contribution in [3.8, 4) is 0 Å². The van der Waals surface area contributed by atoms with Crippen molar-refractivity contribution >= 4 is 0 Å². The number of ether oxygens (including phenoxy) is 1. The third-order valence-corrected chi connectivity index (χ3v) is 3.16. The minimum atomic E-state index is 0.359. The van der Waals surface area contributed by atoms with Gasteiger partial charge in [-0.05, 0) is 58.4 Å². The second-order valence-electron chi connectivity index (χ2n) is 4.58. The van der Waals surface area contributed by atoms with Crippen LogP contribution in [0.4, 0.5) is 0 Å². The maximum absolute atomic E-state index is 5.74. The van der Waals surface area contributed by atoms with Gasteiger partial charge >= 0.3 is 0 Å². The molecule has 6 N–H and O–H groups in total. The Morgan fingerprint density at radius 3 is 2.59 bits per heavy atom. The van der Waals surface area contributed by atoms with E-state index in [1.54, 1.807) is 0 Å². The van der Waals surface area contributed by atoms with Crippen LogP contribution in [0.15, 0.2) is 0 Å². The normalized spacial score (nSPS) is 24.4. The topological polar surface area (TPSA) is 85.3 Å². The van der Waals surface area contributed by atoms with E-state index >= 15 is 0 Å². The van der Waals surface area contributed by atoms with Crippen molar-refractivity contribution in [1.82, 2.24) is 10.6 Å². The van der Waals surface area contributed by atoms with Crippen LogP contribution in [0.1, 0.15) is 25.7 Å². The van der Waals surface area contributed by atoms with Crippen molar-refractivity contribution in [3.63, 3.8) is 0 Å². The molecule has 0 aromatic rings. The fraction of sp³-hybridized carbons (Fsp3) is 1.00. The summed E-state index contributed by atoms with van der Waals surface area (Å²) in [5.41, 5.74) is 10.9. The maximum atomic E-state index is 5.74. The molecule has 17 heavy (non-hydrogen) atoms. The van der Waals surface area contributed by atoms with Gasteiger partial charge in [-0.25, -0.2) is 0 Å². The van der Waals surface area contributed by atoms with Crippen molar-refractivity contribution in [2.45, 2.75) is 37.8 Å². The molecule has 0 aliphatic carbocycles. The highest BCUT2D eigenvalue weighted by molar-refractivity contribution is 4.82. The Morgan fingerprint density at radius 2 is 1.82 bits per heavy atom. The first-order chi connectivity index (χ1) is 8.38. The minimum Gasteiger partial charge on any atom is -0.376 e. The molecule has 0 amide bonds. The second-order valence-corrected chi connectivity index (χ2v) is 4.58. The van der Waals surface area contributed by atoms with Crippen molar-refractivity contribution in [2.75, 3.05) is 39.3 Å². The summed E-state index contributed by atoms with van der Waals surface area (Å²) in [6, 6.07) is 0.512. The van der Waals surface area contributed by atoms with E-state index in [1.165, 1.54) is 0 Å². The van der Waals surface area contributed by atoms with Crippen LogP contribution < -0.4 is 22.1 Å². The molecule has 1 rings (SSSR count). The van der Waals surface area contributed by atoms with Crippen LogP contribution in [0.3, 0.4) is 0 Å². The fourth-order valence-corrected chi connectivity index (χ4v) is 2.15. The lowest BCUT2D eigenvalue weighted by molar-refractivity contribution is 0.0914. The Hall–Kier alpha value is -0.200. The van der Waals surface area contributed by atoms with E-state index in [9.17, 15) is 0 Å². The molecule has 0 spiro atoms. The van der Waals surface area contributed by atoms with E-state index < -0.39 is 0 Å². The molecule has 1 saturated heterocycles. The number of rotatable bonds is 10. The lowest BCUT2D eigenvalue weighted by Gasteiger charge is -2.20. The largest absolute Gasteiger partial charge is 0.376 e. The number of hydrogen-bond acceptors (Lipinski definition) is 5. The van der Waals surface area contributed by atoms with E-state index in [4.69, 9.17) is 16.2 Å². The van der Waals surface area contributed by atoms with Crippen LogP contribution in [0, 0.1) is 0 Å². The molecule has 5 nitrogen and oxygen atoms in total. The summed E-state index contributed by atoms with van der Waals surface area (Å²) in [7, 11) is 0. The highest BCUT2D eigenvalue weighted by Gasteiger charge is 2.26. The third kappa shape index (κ3) is 6.33. The van der Waals surface area contributed by atoms with Gasteiger partial charge < -0.3 is 26.8 Å². The molecule has 0 bridgehead atoms. The predicted octanol–water partition coefficient (Wildman–Crippen LogP) is -0.589. The lowest BCUT2D eigenvalue weighted by Crippen LogP contribution is -2.39. The first-order valence-corrected chi connectivity index (χ1v) is 6.84. The van der Waals surface area contributed by atoms with Gasteiger partial charge in [0, 0.05) is 12.6 Å². The predicted molar refractivity (Wildman–Crippen MR) is 71.0 cm³/mol. The molecule has 0 aromatic carbocycles. The summed E-state index contributed by atoms with van der Waals surface area (Å²) >= 11 is 0. The van der Waals surface area contributed by atoms with Crippen molar-refractivity contribution < 1.29 is 4.74 Å². The van der Waals surface area contributed by atoms with Crippen LogP contribution in [-0.2, 0) is 4.74 Å². The highest BCUT2D eigenvalue weighted by atomic mass is 16.5. The SMILES string of the molecule is NCCCNCCC1OCC[C@@H]1NCCCN. The first kappa shape index (κ1) is 14.9. The Morgan fingerprint density at radius 1 is 1.06 bits per heavy atom. The average Bonchev–Trinajstić information content (AvgIpc) is 2.77. The van der Waals surface area contributed by atoms with E-state index in [0.29, 0.717) is 12.1 Å². The van der Waals surface area contributed by atoms with Gasteiger partial charge in [-0.2, -0.15) is 0 Å². The molecule has 102 valence electrons. The zero-order valence-corrected chi connectivity index (χ0v) is 10.8. The van der Waals surface area contributed by atoms with Crippen molar-refractivity contribution in [2.24, 2.45) is 11.5 Å². The van der Waals surface area contributed by atoms with E-state index in [-0.39, 0.29) is 0 Å². The highest BCUT2D eigenvalue weighted by Crippen LogP contribution is 2.16. The molecule has 1 aliphatic heterocycles. The van der Waals surface area contributed by atoms with Gasteiger partial charge in [0.1, 0.15) is 0 Å². The van der Waals surface area contributed by atoms with Crippen molar-refractivity contribution in [1.29, 1.82) is 0 Å². The van der Waals surface area contributed by atoms with Crippen LogP contribution in [-0.4, -0.2) is 51.5 Å². The van der Waals surface area contributed by atoms with Gasteiger partial charge in [-0.3, -0.25) is 0 Å². The standard InChI is InChI=1S/C12H28N4O/c13-5-1-7-15-9-3-12-11(4-10-17-12)16-8-2-6-14/h11-12,15-16H,1-10,13-14H2/t11-,12?/m0/s1. The molecule has 2 atom stereocenters. The van der Waals surface area contributed by atoms with Gasteiger partial charge in [0.2, 0.25) is 0 Å². The Kier molecular flexibility index (Phi) is 8.56. The molecular weight excluding hydrogens is 216 g/mol. The zero-order valence-electron chi connectivity index (χ0n) is 10.8. The summed E-state index contributed by atoms with van der Waals surface area (Å²) in [6.07, 6.45) is 4.64. The van der Waals surface area contributed by atoms with Gasteiger partial charge in [-0.15, -0.1) is 0 Å². The van der Waals surface area contributed by atoms with Crippen molar-refractivity contribution in [3.05, 3.63) is 0 Å². The summed E-state index contributed by atoms with van der Waals surface area (Å²) in [5.74, 6) is 0. The van der Waals surface area contributed by atoms with E-state index in [2.05, 4.69) is 10.6 Å². The van der Waals surface area contributed by atoms with Gasteiger partial charge in [0.15, 0.2) is 0 Å². The fourth-order valence-electron chi connectivity index (χ4n) is 2.15. The van der Waals surface area contributed by atoms with Crippen LogP contribution in [0.5, 0.6) is 0 Å². The molecule has 0 radical (unpaired) electrons. The molecule has 0 saturated carbocycles. The van der Waals surface area contributed by atoms with Crippen LogP contribution >= 0.6 is 0 Å². The van der Waals surface area contributed by atoms with Gasteiger partial charge in [0.25, 0.3) is 0 Å². The zero-order chi connectivity index (χ0) is 12.3. The van der Waals surface area contributed by atoms with Gasteiger partial charge in [-0.1, -0.05) is 0 Å². The molecule has 1 unspecified atom stereocenters. The first-order valence-electron chi connectivity index (χ1n) is 6.84. The minimum absolute atomic E-state index is 0.359. The third-order valence-electron chi connectivity index (χ3n) is 3.16. The second kappa shape index (κ2) is 9.79. The number of hydrogen-bond donors (Lipinski definition) is 4. The molecule has 1 aliphatic rings. The maximum Gasteiger partial charge on any atom is 0.0740 e. The average molecular weight is 244 g/mol. The number of nitrogens with two attached hydrogens (primary N) is 2. The molecular formula is C12H28N4O. The number of nitrogens with one attached hydrogen (secondary N) is 2. The summed E-state index contributed by atoms with van der Waals surface area (Å²) < 4.78 is 5.74. The molecule has 5 heteroatoms. The van der Waals surface area contributed by atoms with E-state index in [0.717, 1.165) is 65.0 Å². The molecule has 1 heterocycles. The summed E-state index contributed by atoms with van der Waals surface area (Å²) in [6.45, 7) is 5.42. The Balaban J connectivity index is 2.05. The van der Waals surface area contributed by atoms with Gasteiger partial charge in [0.05, 0.1) is 6.10 Å². The Bertz CT molecular complexity index is 180. The summed E-state index contributed by atoms with van der Waals surface area (Å²) in [4.78, 5) is 0. The van der Waals surface area contributed by atoms with E-state index in [1.807, 2.05) is 0 Å². The lowest BCUT2D eigenvalue weighted by atomic mass is 10.1. The quantitative estimate of drug-likeness (QED) is 0.386.